The minimum Gasteiger partial charge on any atom is -0.490 e. The number of carboxylic acids is 1. The summed E-state index contributed by atoms with van der Waals surface area (Å²) in [5.74, 6) is -0.647. The number of hydrogen-bond donors (Lipinski definition) is 2. The summed E-state index contributed by atoms with van der Waals surface area (Å²) in [6.07, 6.45) is 1.36. The molecule has 0 spiro atoms. The predicted octanol–water partition coefficient (Wildman–Crippen LogP) is 3.99. The van der Waals surface area contributed by atoms with Gasteiger partial charge in [-0.2, -0.15) is 0 Å². The minimum atomic E-state index is -1.22. The van der Waals surface area contributed by atoms with Gasteiger partial charge < -0.3 is 19.9 Å². The standard InChI is InChI=1S/C20H20BrNO5/c1-3-26-19-11-14(10-17(20(24)25)22-13(2)23)8-9-18(19)27-12-15-6-4-5-7-16(15)21/h4-11H,3,12H2,1-2H3,(H,22,23)(H,24,25). The Morgan fingerprint density at radius 3 is 2.52 bits per heavy atom. The second-order valence-electron chi connectivity index (χ2n) is 5.56. The van der Waals surface area contributed by atoms with Crippen LogP contribution in [0.4, 0.5) is 0 Å². The number of hydrogen-bond acceptors (Lipinski definition) is 4. The van der Waals surface area contributed by atoms with E-state index in [0.717, 1.165) is 10.0 Å². The molecule has 0 aliphatic heterocycles. The van der Waals surface area contributed by atoms with Crippen LogP contribution < -0.4 is 14.8 Å². The van der Waals surface area contributed by atoms with Gasteiger partial charge in [-0.05, 0) is 36.8 Å². The quantitative estimate of drug-likeness (QED) is 0.614. The number of nitrogens with one attached hydrogen (secondary N) is 1. The monoisotopic (exact) mass is 433 g/mol. The van der Waals surface area contributed by atoms with Gasteiger partial charge in [0.25, 0.3) is 0 Å². The molecule has 6 nitrogen and oxygen atoms in total. The van der Waals surface area contributed by atoms with Crippen molar-refractivity contribution in [2.24, 2.45) is 0 Å². The number of carboxylic acid groups (broad SMARTS) is 1. The predicted molar refractivity (Wildman–Crippen MR) is 106 cm³/mol. The molecule has 0 aliphatic rings. The molecule has 2 rings (SSSR count). The molecule has 7 heteroatoms. The minimum absolute atomic E-state index is 0.216. The number of amides is 1. The summed E-state index contributed by atoms with van der Waals surface area (Å²) in [5, 5.41) is 11.5. The average molecular weight is 434 g/mol. The van der Waals surface area contributed by atoms with Crippen LogP contribution in [0.2, 0.25) is 0 Å². The van der Waals surface area contributed by atoms with Crippen LogP contribution in [0.1, 0.15) is 25.0 Å². The van der Waals surface area contributed by atoms with E-state index in [-0.39, 0.29) is 5.70 Å². The van der Waals surface area contributed by atoms with Crippen molar-refractivity contribution in [1.29, 1.82) is 0 Å². The number of halogens is 1. The molecule has 0 heterocycles. The molecule has 0 aromatic heterocycles. The van der Waals surface area contributed by atoms with Crippen molar-refractivity contribution in [3.63, 3.8) is 0 Å². The maximum atomic E-state index is 11.3. The first-order valence-electron chi connectivity index (χ1n) is 8.26. The fourth-order valence-electron chi connectivity index (χ4n) is 2.28. The number of aliphatic carboxylic acids is 1. The van der Waals surface area contributed by atoms with Crippen molar-refractivity contribution < 1.29 is 24.2 Å². The van der Waals surface area contributed by atoms with Gasteiger partial charge in [-0.1, -0.05) is 40.2 Å². The van der Waals surface area contributed by atoms with Crippen LogP contribution in [0.3, 0.4) is 0 Å². The molecule has 2 aromatic carbocycles. The second-order valence-corrected chi connectivity index (χ2v) is 6.42. The zero-order valence-corrected chi connectivity index (χ0v) is 16.6. The van der Waals surface area contributed by atoms with E-state index in [1.807, 2.05) is 31.2 Å². The highest BCUT2D eigenvalue weighted by Gasteiger charge is 2.11. The molecule has 0 saturated carbocycles. The Morgan fingerprint density at radius 2 is 1.89 bits per heavy atom. The van der Waals surface area contributed by atoms with E-state index in [0.29, 0.717) is 30.3 Å². The lowest BCUT2D eigenvalue weighted by molar-refractivity contribution is -0.134. The van der Waals surface area contributed by atoms with Gasteiger partial charge in [-0.3, -0.25) is 4.79 Å². The van der Waals surface area contributed by atoms with Crippen LogP contribution in [0.15, 0.2) is 52.6 Å². The lowest BCUT2D eigenvalue weighted by Gasteiger charge is -2.13. The molecule has 0 radical (unpaired) electrons. The second kappa shape index (κ2) is 9.78. The van der Waals surface area contributed by atoms with Gasteiger partial charge >= 0.3 is 5.97 Å². The Morgan fingerprint density at radius 1 is 1.15 bits per heavy atom. The van der Waals surface area contributed by atoms with Crippen molar-refractivity contribution in [2.75, 3.05) is 6.61 Å². The topological polar surface area (TPSA) is 84.9 Å². The lowest BCUT2D eigenvalue weighted by atomic mass is 10.1. The van der Waals surface area contributed by atoms with Crippen molar-refractivity contribution in [3.8, 4) is 11.5 Å². The van der Waals surface area contributed by atoms with Crippen LogP contribution in [-0.4, -0.2) is 23.6 Å². The van der Waals surface area contributed by atoms with Crippen LogP contribution in [0.5, 0.6) is 11.5 Å². The summed E-state index contributed by atoms with van der Waals surface area (Å²) in [6.45, 7) is 3.88. The van der Waals surface area contributed by atoms with E-state index in [2.05, 4.69) is 21.2 Å². The van der Waals surface area contributed by atoms with Crippen LogP contribution in [-0.2, 0) is 16.2 Å². The highest BCUT2D eigenvalue weighted by atomic mass is 79.9. The van der Waals surface area contributed by atoms with Gasteiger partial charge in [0.2, 0.25) is 5.91 Å². The normalized spacial score (nSPS) is 11.0. The largest absolute Gasteiger partial charge is 0.490 e. The van der Waals surface area contributed by atoms with Crippen molar-refractivity contribution in [2.45, 2.75) is 20.5 Å². The Bertz CT molecular complexity index is 863. The molecule has 2 N–H and O–H groups in total. The van der Waals surface area contributed by atoms with E-state index >= 15 is 0 Å². The van der Waals surface area contributed by atoms with E-state index < -0.39 is 11.9 Å². The van der Waals surface area contributed by atoms with Gasteiger partial charge in [0.15, 0.2) is 11.5 Å². The third kappa shape index (κ3) is 6.14. The van der Waals surface area contributed by atoms with E-state index in [1.54, 1.807) is 18.2 Å². The SMILES string of the molecule is CCOc1cc(C=C(NC(C)=O)C(=O)O)ccc1OCc1ccccc1Br. The maximum absolute atomic E-state index is 11.3. The summed E-state index contributed by atoms with van der Waals surface area (Å²) in [7, 11) is 0. The number of rotatable bonds is 8. The smallest absolute Gasteiger partial charge is 0.352 e. The molecule has 0 unspecified atom stereocenters. The van der Waals surface area contributed by atoms with Crippen LogP contribution in [0.25, 0.3) is 6.08 Å². The Hall–Kier alpha value is -2.80. The first-order valence-corrected chi connectivity index (χ1v) is 9.05. The number of carbonyl (C=O) groups is 2. The van der Waals surface area contributed by atoms with E-state index in [1.165, 1.54) is 13.0 Å². The first kappa shape index (κ1) is 20.5. The molecule has 0 bridgehead atoms. The van der Waals surface area contributed by atoms with Gasteiger partial charge in [0.1, 0.15) is 12.3 Å². The van der Waals surface area contributed by atoms with Gasteiger partial charge in [-0.25, -0.2) is 4.79 Å². The van der Waals surface area contributed by atoms with Gasteiger partial charge in [-0.15, -0.1) is 0 Å². The third-order valence-electron chi connectivity index (χ3n) is 3.46. The molecule has 0 fully saturated rings. The van der Waals surface area contributed by atoms with Gasteiger partial charge in [0.05, 0.1) is 6.61 Å². The fourth-order valence-corrected chi connectivity index (χ4v) is 2.68. The molecule has 2 aromatic rings. The summed E-state index contributed by atoms with van der Waals surface area (Å²) < 4.78 is 12.4. The van der Waals surface area contributed by atoms with Crippen molar-refractivity contribution in [3.05, 3.63) is 63.8 Å². The Kier molecular flexibility index (Phi) is 7.43. The molecule has 0 saturated heterocycles. The molecule has 0 aliphatic carbocycles. The molecule has 0 atom stereocenters. The molecular weight excluding hydrogens is 414 g/mol. The number of ether oxygens (including phenoxy) is 2. The zero-order chi connectivity index (χ0) is 19.8. The van der Waals surface area contributed by atoms with E-state index in [4.69, 9.17) is 9.47 Å². The molecule has 142 valence electrons. The molecule has 1 amide bonds. The zero-order valence-electron chi connectivity index (χ0n) is 15.0. The van der Waals surface area contributed by atoms with Crippen molar-refractivity contribution in [1.82, 2.24) is 5.32 Å². The van der Waals surface area contributed by atoms with Gasteiger partial charge in [0, 0.05) is 17.0 Å². The lowest BCUT2D eigenvalue weighted by Crippen LogP contribution is -2.24. The van der Waals surface area contributed by atoms with E-state index in [9.17, 15) is 14.7 Å². The maximum Gasteiger partial charge on any atom is 0.352 e. The average Bonchev–Trinajstić information content (AvgIpc) is 2.61. The van der Waals surface area contributed by atoms with Crippen molar-refractivity contribution >= 4 is 33.9 Å². The molecular formula is C20H20BrNO5. The third-order valence-corrected chi connectivity index (χ3v) is 4.23. The van der Waals surface area contributed by atoms with Crippen LogP contribution >= 0.6 is 15.9 Å². The summed E-state index contributed by atoms with van der Waals surface area (Å²) in [6, 6.07) is 12.8. The first-order chi connectivity index (χ1) is 12.9. The number of benzene rings is 2. The highest BCUT2D eigenvalue weighted by Crippen LogP contribution is 2.30. The summed E-state index contributed by atoms with van der Waals surface area (Å²) >= 11 is 3.48. The Labute approximate surface area is 165 Å². The van der Waals surface area contributed by atoms with Crippen LogP contribution in [0, 0.1) is 0 Å². The summed E-state index contributed by atoms with van der Waals surface area (Å²) in [5.41, 5.74) is 1.34. The molecule has 27 heavy (non-hydrogen) atoms. The number of carbonyl (C=O) groups excluding carboxylic acids is 1. The highest BCUT2D eigenvalue weighted by molar-refractivity contribution is 9.10. The Balaban J connectivity index is 2.26. The fraction of sp³-hybridized carbons (Fsp3) is 0.200. The summed E-state index contributed by atoms with van der Waals surface area (Å²) in [4.78, 5) is 22.4.